The van der Waals surface area contributed by atoms with Gasteiger partial charge in [0.25, 0.3) is 0 Å². The summed E-state index contributed by atoms with van der Waals surface area (Å²) in [6, 6.07) is 0. The number of imidazole rings is 1. The van der Waals surface area contributed by atoms with Gasteiger partial charge in [0.15, 0.2) is 0 Å². The van der Waals surface area contributed by atoms with E-state index in [1.807, 2.05) is 6.33 Å². The fourth-order valence-electron chi connectivity index (χ4n) is 2.39. The normalized spacial score (nSPS) is 13.2. The first-order chi connectivity index (χ1) is 8.61. The molecule has 3 heteroatoms. The molecule has 0 aliphatic rings. The van der Waals surface area contributed by atoms with Gasteiger partial charge in [0.2, 0.25) is 0 Å². The van der Waals surface area contributed by atoms with Crippen LogP contribution in [0.15, 0.2) is 12.5 Å². The summed E-state index contributed by atoms with van der Waals surface area (Å²) < 4.78 is 2.24. The summed E-state index contributed by atoms with van der Waals surface area (Å²) in [6.45, 7) is 12.3. The van der Waals surface area contributed by atoms with E-state index in [-0.39, 0.29) is 0 Å². The summed E-state index contributed by atoms with van der Waals surface area (Å²) in [5.74, 6) is 1.51. The van der Waals surface area contributed by atoms with Crippen LogP contribution >= 0.6 is 0 Å². The van der Waals surface area contributed by atoms with Crippen molar-refractivity contribution in [2.24, 2.45) is 11.8 Å². The maximum atomic E-state index is 4.47. The molecule has 18 heavy (non-hydrogen) atoms. The Morgan fingerprint density at radius 3 is 2.72 bits per heavy atom. The summed E-state index contributed by atoms with van der Waals surface area (Å²) >= 11 is 0. The standard InChI is InChI=1S/C15H29N3/c1-5-7-16-8-6-15-11-18(12-17-15)10-14(4)9-13(2)3/h11-14,16H,5-10H2,1-4H3. The summed E-state index contributed by atoms with van der Waals surface area (Å²) in [7, 11) is 0. The van der Waals surface area contributed by atoms with Gasteiger partial charge in [-0.15, -0.1) is 0 Å². The largest absolute Gasteiger partial charge is 0.337 e. The molecule has 0 aromatic carbocycles. The lowest BCUT2D eigenvalue weighted by Gasteiger charge is -2.14. The minimum absolute atomic E-state index is 0.727. The lowest BCUT2D eigenvalue weighted by atomic mass is 9.99. The molecule has 0 amide bonds. The zero-order valence-electron chi connectivity index (χ0n) is 12.4. The van der Waals surface area contributed by atoms with E-state index in [0.717, 1.165) is 37.9 Å². The van der Waals surface area contributed by atoms with Crippen LogP contribution in [0.5, 0.6) is 0 Å². The van der Waals surface area contributed by atoms with Crippen molar-refractivity contribution in [1.82, 2.24) is 14.9 Å². The highest BCUT2D eigenvalue weighted by molar-refractivity contribution is 4.97. The molecule has 1 heterocycles. The zero-order valence-corrected chi connectivity index (χ0v) is 12.4. The molecule has 1 unspecified atom stereocenters. The van der Waals surface area contributed by atoms with Crippen molar-refractivity contribution in [3.05, 3.63) is 18.2 Å². The van der Waals surface area contributed by atoms with Crippen molar-refractivity contribution in [2.45, 2.75) is 53.5 Å². The minimum Gasteiger partial charge on any atom is -0.337 e. The smallest absolute Gasteiger partial charge is 0.0949 e. The Kier molecular flexibility index (Phi) is 7.02. The molecule has 0 saturated carbocycles. The van der Waals surface area contributed by atoms with Crippen LogP contribution in [0.2, 0.25) is 0 Å². The predicted molar refractivity (Wildman–Crippen MR) is 77.7 cm³/mol. The van der Waals surface area contributed by atoms with Gasteiger partial charge < -0.3 is 9.88 Å². The Bertz CT molecular complexity index is 317. The molecule has 1 aromatic heterocycles. The quantitative estimate of drug-likeness (QED) is 0.683. The van der Waals surface area contributed by atoms with E-state index in [4.69, 9.17) is 0 Å². The molecule has 0 radical (unpaired) electrons. The Morgan fingerprint density at radius 2 is 2.06 bits per heavy atom. The van der Waals surface area contributed by atoms with Crippen LogP contribution in [-0.2, 0) is 13.0 Å². The van der Waals surface area contributed by atoms with E-state index in [1.165, 1.54) is 18.5 Å². The van der Waals surface area contributed by atoms with Gasteiger partial charge in [-0.25, -0.2) is 4.98 Å². The molecule has 1 rings (SSSR count). The third kappa shape index (κ3) is 6.20. The molecular weight excluding hydrogens is 222 g/mol. The molecule has 0 aliphatic carbocycles. The van der Waals surface area contributed by atoms with Crippen LogP contribution in [0.4, 0.5) is 0 Å². The van der Waals surface area contributed by atoms with E-state index < -0.39 is 0 Å². The van der Waals surface area contributed by atoms with Gasteiger partial charge in [0.05, 0.1) is 12.0 Å². The van der Waals surface area contributed by atoms with E-state index in [0.29, 0.717) is 0 Å². The van der Waals surface area contributed by atoms with Gasteiger partial charge in [-0.05, 0) is 31.2 Å². The van der Waals surface area contributed by atoms with Crippen molar-refractivity contribution >= 4 is 0 Å². The molecule has 0 saturated heterocycles. The molecule has 0 fully saturated rings. The van der Waals surface area contributed by atoms with E-state index >= 15 is 0 Å². The number of nitrogens with one attached hydrogen (secondary N) is 1. The van der Waals surface area contributed by atoms with Gasteiger partial charge in [0.1, 0.15) is 0 Å². The molecule has 104 valence electrons. The van der Waals surface area contributed by atoms with Crippen molar-refractivity contribution in [1.29, 1.82) is 0 Å². The predicted octanol–water partition coefficient (Wildman–Crippen LogP) is 3.11. The second-order valence-electron chi connectivity index (χ2n) is 5.80. The van der Waals surface area contributed by atoms with E-state index in [9.17, 15) is 0 Å². The maximum absolute atomic E-state index is 4.47. The van der Waals surface area contributed by atoms with Crippen LogP contribution < -0.4 is 5.32 Å². The Hall–Kier alpha value is -0.830. The Morgan fingerprint density at radius 1 is 1.28 bits per heavy atom. The highest BCUT2D eigenvalue weighted by Gasteiger charge is 2.06. The number of aromatic nitrogens is 2. The van der Waals surface area contributed by atoms with Gasteiger partial charge in [-0.2, -0.15) is 0 Å². The van der Waals surface area contributed by atoms with Crippen LogP contribution in [0.3, 0.4) is 0 Å². The third-order valence-electron chi connectivity index (χ3n) is 3.07. The van der Waals surface area contributed by atoms with Crippen LogP contribution in [-0.4, -0.2) is 22.6 Å². The maximum Gasteiger partial charge on any atom is 0.0949 e. The summed E-state index contributed by atoms with van der Waals surface area (Å²) in [6.07, 6.45) is 7.69. The summed E-state index contributed by atoms with van der Waals surface area (Å²) in [5.41, 5.74) is 1.20. The lowest BCUT2D eigenvalue weighted by Crippen LogP contribution is -2.17. The monoisotopic (exact) mass is 251 g/mol. The number of nitrogens with zero attached hydrogens (tertiary/aromatic N) is 2. The molecule has 3 nitrogen and oxygen atoms in total. The highest BCUT2D eigenvalue weighted by Crippen LogP contribution is 2.13. The van der Waals surface area contributed by atoms with Crippen LogP contribution in [0.1, 0.15) is 46.2 Å². The Labute approximate surface area is 112 Å². The molecule has 1 aromatic rings. The van der Waals surface area contributed by atoms with Gasteiger partial charge >= 0.3 is 0 Å². The molecular formula is C15H29N3. The Balaban J connectivity index is 2.29. The average Bonchev–Trinajstić information content (AvgIpc) is 2.71. The number of rotatable bonds is 9. The van der Waals surface area contributed by atoms with Crippen molar-refractivity contribution in [3.63, 3.8) is 0 Å². The minimum atomic E-state index is 0.727. The average molecular weight is 251 g/mol. The van der Waals surface area contributed by atoms with Gasteiger partial charge in [-0.1, -0.05) is 27.7 Å². The zero-order chi connectivity index (χ0) is 13.4. The first-order valence-corrected chi connectivity index (χ1v) is 7.33. The molecule has 0 aliphatic heterocycles. The molecule has 1 N–H and O–H groups in total. The summed E-state index contributed by atoms with van der Waals surface area (Å²) in [5, 5.41) is 3.41. The summed E-state index contributed by atoms with van der Waals surface area (Å²) in [4.78, 5) is 4.47. The number of hydrogen-bond donors (Lipinski definition) is 1. The topological polar surface area (TPSA) is 29.9 Å². The second-order valence-corrected chi connectivity index (χ2v) is 5.80. The van der Waals surface area contributed by atoms with E-state index in [2.05, 4.69) is 48.8 Å². The highest BCUT2D eigenvalue weighted by atomic mass is 15.0. The fourth-order valence-corrected chi connectivity index (χ4v) is 2.39. The molecule has 0 spiro atoms. The van der Waals surface area contributed by atoms with E-state index in [1.54, 1.807) is 0 Å². The first kappa shape index (κ1) is 15.2. The number of hydrogen-bond acceptors (Lipinski definition) is 2. The second kappa shape index (κ2) is 8.30. The van der Waals surface area contributed by atoms with Gasteiger partial charge in [0, 0.05) is 25.7 Å². The third-order valence-corrected chi connectivity index (χ3v) is 3.07. The first-order valence-electron chi connectivity index (χ1n) is 7.33. The SMILES string of the molecule is CCCNCCc1cn(CC(C)CC(C)C)cn1. The van der Waals surface area contributed by atoms with Crippen LogP contribution in [0, 0.1) is 11.8 Å². The van der Waals surface area contributed by atoms with Crippen molar-refractivity contribution in [3.8, 4) is 0 Å². The molecule has 1 atom stereocenters. The van der Waals surface area contributed by atoms with Gasteiger partial charge in [-0.3, -0.25) is 0 Å². The van der Waals surface area contributed by atoms with Crippen molar-refractivity contribution in [2.75, 3.05) is 13.1 Å². The van der Waals surface area contributed by atoms with Crippen LogP contribution in [0.25, 0.3) is 0 Å². The van der Waals surface area contributed by atoms with Crippen molar-refractivity contribution < 1.29 is 0 Å². The fraction of sp³-hybridized carbons (Fsp3) is 0.800. The molecule has 0 bridgehead atoms. The lowest BCUT2D eigenvalue weighted by molar-refractivity contribution is 0.389.